The minimum atomic E-state index is -0.181. The topological polar surface area (TPSA) is 23.5 Å². The molecule has 5 aromatic rings. The van der Waals surface area contributed by atoms with Crippen molar-refractivity contribution in [3.8, 4) is 5.75 Å². The summed E-state index contributed by atoms with van der Waals surface area (Å²) in [5, 5.41) is 12.4. The molecule has 0 heterocycles. The molecule has 0 aliphatic rings. The van der Waals surface area contributed by atoms with E-state index in [9.17, 15) is 5.11 Å². The lowest BCUT2D eigenvalue weighted by atomic mass is 9.91. The van der Waals surface area contributed by atoms with Gasteiger partial charge in [0.25, 0.3) is 0 Å². The average molecular weight is 558 g/mol. The number of aryl methyl sites for hydroxylation is 1. The molecule has 2 nitrogen and oxygen atoms in total. The van der Waals surface area contributed by atoms with Gasteiger partial charge >= 0.3 is 0 Å². The minimum Gasteiger partial charge on any atom is -0.508 e. The molecule has 0 amide bonds. The Labute approximate surface area is 247 Å². The second-order valence-electron chi connectivity index (χ2n) is 11.1. The fourth-order valence-electron chi connectivity index (χ4n) is 5.72. The highest BCUT2D eigenvalue weighted by atomic mass is 31.1. The van der Waals surface area contributed by atoms with E-state index in [0.29, 0.717) is 14.3 Å². The third kappa shape index (κ3) is 7.07. The van der Waals surface area contributed by atoms with Crippen LogP contribution in [0.3, 0.4) is 0 Å². The van der Waals surface area contributed by atoms with Crippen LogP contribution in [0.5, 0.6) is 5.75 Å². The van der Waals surface area contributed by atoms with Crippen LogP contribution in [0.4, 0.5) is 11.4 Å². The molecule has 41 heavy (non-hydrogen) atoms. The molecule has 0 saturated heterocycles. The lowest BCUT2D eigenvalue weighted by Gasteiger charge is -2.33. The van der Waals surface area contributed by atoms with Crippen molar-refractivity contribution in [3.63, 3.8) is 0 Å². The molecular formula is C38H40NOP. The normalized spacial score (nSPS) is 12.9. The zero-order chi connectivity index (χ0) is 28.7. The predicted octanol–water partition coefficient (Wildman–Crippen LogP) is 9.65. The number of anilines is 2. The fraction of sp³-hybridized carbons (Fsp3) is 0.211. The van der Waals surface area contributed by atoms with Crippen LogP contribution >= 0.6 is 8.58 Å². The van der Waals surface area contributed by atoms with Crippen molar-refractivity contribution in [1.29, 1.82) is 0 Å². The largest absolute Gasteiger partial charge is 0.508 e. The van der Waals surface area contributed by atoms with Crippen LogP contribution in [0, 0.1) is 6.92 Å². The number of nitrogens with zero attached hydrogens (tertiary/aromatic N) is 1. The number of para-hydroxylation sites is 2. The minimum absolute atomic E-state index is 0.181. The van der Waals surface area contributed by atoms with Gasteiger partial charge in [0, 0.05) is 28.6 Å². The van der Waals surface area contributed by atoms with Crippen molar-refractivity contribution in [2.24, 2.45) is 0 Å². The summed E-state index contributed by atoms with van der Waals surface area (Å²) in [7, 11) is 0.517. The Hall–Kier alpha value is -3.87. The third-order valence-electron chi connectivity index (χ3n) is 7.79. The standard InChI is InChI=1S/C38H40NOP/c1-4-24-38(3,35-27-31(21-22-36(35)40)26-30-14-8-5-9-15-30)41-37-23-20-29(2)25-32(37)28-39(33-16-10-6-11-17-33)34-18-12-7-13-19-34/h5-23,25,27,40-41H,4,24,26,28H2,1-3H3. The maximum absolute atomic E-state index is 11.2. The van der Waals surface area contributed by atoms with E-state index >= 15 is 0 Å². The average Bonchev–Trinajstić information content (AvgIpc) is 2.99. The quantitative estimate of drug-likeness (QED) is 0.163. The van der Waals surface area contributed by atoms with E-state index in [1.165, 1.54) is 38.9 Å². The zero-order valence-electron chi connectivity index (χ0n) is 24.3. The lowest BCUT2D eigenvalue weighted by Crippen LogP contribution is -2.24. The van der Waals surface area contributed by atoms with E-state index in [1.807, 2.05) is 6.07 Å². The molecule has 3 heteroatoms. The maximum Gasteiger partial charge on any atom is 0.119 e. The van der Waals surface area contributed by atoms with Crippen molar-refractivity contribution in [3.05, 3.63) is 155 Å². The van der Waals surface area contributed by atoms with Crippen LogP contribution in [-0.2, 0) is 18.1 Å². The van der Waals surface area contributed by atoms with Crippen molar-refractivity contribution < 1.29 is 5.11 Å². The summed E-state index contributed by atoms with van der Waals surface area (Å²) < 4.78 is 0. The molecule has 1 N–H and O–H groups in total. The van der Waals surface area contributed by atoms with Crippen LogP contribution < -0.4 is 10.2 Å². The molecule has 2 atom stereocenters. The Kier molecular flexibility index (Phi) is 9.22. The number of hydrogen-bond donors (Lipinski definition) is 1. The van der Waals surface area contributed by atoms with E-state index < -0.39 is 0 Å². The number of benzene rings is 5. The van der Waals surface area contributed by atoms with Gasteiger partial charge in [-0.3, -0.25) is 0 Å². The molecular weight excluding hydrogens is 517 g/mol. The number of hydrogen-bond acceptors (Lipinski definition) is 2. The summed E-state index contributed by atoms with van der Waals surface area (Å²) in [5.41, 5.74) is 8.53. The number of phenolic OH excluding ortho intramolecular Hbond substituents is 1. The molecule has 0 aromatic heterocycles. The van der Waals surface area contributed by atoms with Crippen LogP contribution in [0.15, 0.2) is 127 Å². The summed E-state index contributed by atoms with van der Waals surface area (Å²) in [5.74, 6) is 0.397. The fourth-order valence-corrected chi connectivity index (χ4v) is 7.50. The van der Waals surface area contributed by atoms with Crippen LogP contribution in [0.1, 0.15) is 54.5 Å². The molecule has 0 radical (unpaired) electrons. The van der Waals surface area contributed by atoms with Crippen LogP contribution in [0.25, 0.3) is 0 Å². The highest BCUT2D eigenvalue weighted by molar-refractivity contribution is 7.48. The van der Waals surface area contributed by atoms with Gasteiger partial charge in [-0.05, 0) is 72.1 Å². The van der Waals surface area contributed by atoms with Gasteiger partial charge in [0.1, 0.15) is 5.75 Å². The first-order chi connectivity index (χ1) is 19.9. The number of aromatic hydroxyl groups is 1. The number of phenols is 1. The Morgan fingerprint density at radius 1 is 0.707 bits per heavy atom. The second kappa shape index (κ2) is 13.2. The van der Waals surface area contributed by atoms with Crippen molar-refractivity contribution in [2.45, 2.75) is 51.7 Å². The van der Waals surface area contributed by atoms with Gasteiger partial charge in [-0.15, -0.1) is 0 Å². The van der Waals surface area contributed by atoms with Crippen molar-refractivity contribution in [2.75, 3.05) is 4.90 Å². The zero-order valence-corrected chi connectivity index (χ0v) is 25.3. The molecule has 0 aliphatic carbocycles. The third-order valence-corrected chi connectivity index (χ3v) is 9.62. The van der Waals surface area contributed by atoms with Gasteiger partial charge < -0.3 is 10.0 Å². The molecule has 208 valence electrons. The first-order valence-corrected chi connectivity index (χ1v) is 15.6. The molecule has 0 bridgehead atoms. The van der Waals surface area contributed by atoms with Gasteiger partial charge in [0.2, 0.25) is 0 Å². The smallest absolute Gasteiger partial charge is 0.119 e. The molecule has 2 unspecified atom stereocenters. The first kappa shape index (κ1) is 28.7. The Bertz CT molecular complexity index is 1510. The first-order valence-electron chi connectivity index (χ1n) is 14.6. The van der Waals surface area contributed by atoms with Crippen LogP contribution in [0.2, 0.25) is 0 Å². The SMILES string of the molecule is CCCC(C)(Pc1ccc(C)cc1CN(c1ccccc1)c1ccccc1)c1cc(Cc2ccccc2)ccc1O. The number of rotatable bonds is 11. The highest BCUT2D eigenvalue weighted by Gasteiger charge is 2.30. The Morgan fingerprint density at radius 3 is 1.93 bits per heavy atom. The highest BCUT2D eigenvalue weighted by Crippen LogP contribution is 2.49. The Morgan fingerprint density at radius 2 is 1.32 bits per heavy atom. The van der Waals surface area contributed by atoms with E-state index in [-0.39, 0.29) is 5.16 Å². The molecule has 0 aliphatic heterocycles. The summed E-state index contributed by atoms with van der Waals surface area (Å²) >= 11 is 0. The summed E-state index contributed by atoms with van der Waals surface area (Å²) in [6.45, 7) is 7.54. The predicted molar refractivity (Wildman–Crippen MR) is 177 cm³/mol. The van der Waals surface area contributed by atoms with E-state index in [2.05, 4.69) is 147 Å². The van der Waals surface area contributed by atoms with Gasteiger partial charge in [-0.2, -0.15) is 0 Å². The van der Waals surface area contributed by atoms with E-state index in [0.717, 1.165) is 31.4 Å². The van der Waals surface area contributed by atoms with E-state index in [4.69, 9.17) is 0 Å². The monoisotopic (exact) mass is 557 g/mol. The van der Waals surface area contributed by atoms with Gasteiger partial charge in [-0.25, -0.2) is 0 Å². The molecule has 5 aromatic carbocycles. The molecule has 5 rings (SSSR count). The summed E-state index contributed by atoms with van der Waals surface area (Å²) in [6, 6.07) is 45.0. The Balaban J connectivity index is 1.51. The summed E-state index contributed by atoms with van der Waals surface area (Å²) in [4.78, 5) is 2.40. The van der Waals surface area contributed by atoms with Gasteiger partial charge in [0.15, 0.2) is 0 Å². The molecule has 0 fully saturated rings. The van der Waals surface area contributed by atoms with Gasteiger partial charge in [0.05, 0.1) is 0 Å². The summed E-state index contributed by atoms with van der Waals surface area (Å²) in [6.07, 6.45) is 2.91. The maximum atomic E-state index is 11.2. The molecule has 0 saturated carbocycles. The van der Waals surface area contributed by atoms with Crippen molar-refractivity contribution in [1.82, 2.24) is 0 Å². The van der Waals surface area contributed by atoms with E-state index in [1.54, 1.807) is 0 Å². The second-order valence-corrected chi connectivity index (χ2v) is 13.0. The van der Waals surface area contributed by atoms with Gasteiger partial charge in [-0.1, -0.05) is 131 Å². The van der Waals surface area contributed by atoms with Crippen LogP contribution in [-0.4, -0.2) is 5.11 Å². The lowest BCUT2D eigenvalue weighted by molar-refractivity contribution is 0.453. The molecule has 0 spiro atoms. The van der Waals surface area contributed by atoms with Crippen molar-refractivity contribution >= 4 is 25.3 Å².